The van der Waals surface area contributed by atoms with Crippen molar-refractivity contribution in [3.63, 3.8) is 0 Å². The summed E-state index contributed by atoms with van der Waals surface area (Å²) in [7, 11) is 0. The highest BCUT2D eigenvalue weighted by Crippen LogP contribution is 2.20. The van der Waals surface area contributed by atoms with Gasteiger partial charge in [0.15, 0.2) is 0 Å². The van der Waals surface area contributed by atoms with Crippen LogP contribution in [0.15, 0.2) is 30.3 Å². The lowest BCUT2D eigenvalue weighted by atomic mass is 10.1. The molecule has 0 saturated carbocycles. The fraction of sp³-hybridized carbons (Fsp3) is 0.300. The van der Waals surface area contributed by atoms with E-state index in [1.165, 1.54) is 0 Å². The SMILES string of the molecule is CCC(OC([O])=O)c1ccccc1. The van der Waals surface area contributed by atoms with Crippen molar-refractivity contribution in [3.8, 4) is 0 Å². The topological polar surface area (TPSA) is 46.2 Å². The molecule has 0 N–H and O–H groups in total. The number of rotatable bonds is 3. The van der Waals surface area contributed by atoms with Crippen LogP contribution in [0.3, 0.4) is 0 Å². The van der Waals surface area contributed by atoms with Gasteiger partial charge in [-0.2, -0.15) is 9.90 Å². The molecule has 13 heavy (non-hydrogen) atoms. The van der Waals surface area contributed by atoms with Crippen LogP contribution >= 0.6 is 0 Å². The Morgan fingerprint density at radius 3 is 2.46 bits per heavy atom. The number of hydrogen-bond acceptors (Lipinski definition) is 2. The normalized spacial score (nSPS) is 12.1. The van der Waals surface area contributed by atoms with Gasteiger partial charge in [0.25, 0.3) is 0 Å². The minimum absolute atomic E-state index is 0.411. The molecule has 1 unspecified atom stereocenters. The zero-order chi connectivity index (χ0) is 9.68. The molecule has 0 bridgehead atoms. The van der Waals surface area contributed by atoms with E-state index in [0.29, 0.717) is 6.42 Å². The molecule has 0 aliphatic carbocycles. The minimum atomic E-state index is -1.48. The van der Waals surface area contributed by atoms with E-state index < -0.39 is 12.3 Å². The highest BCUT2D eigenvalue weighted by molar-refractivity contribution is 5.56. The minimum Gasteiger partial charge on any atom is -0.424 e. The standard InChI is InChI=1S/C10H11O3/c1-2-9(13-10(11)12)8-6-4-3-5-7-8/h3-7,9H,2H2,1H3. The monoisotopic (exact) mass is 179 g/mol. The van der Waals surface area contributed by atoms with Gasteiger partial charge in [0.2, 0.25) is 0 Å². The number of carbonyl (C=O) groups is 1. The summed E-state index contributed by atoms with van der Waals surface area (Å²) >= 11 is 0. The Balaban J connectivity index is 2.73. The van der Waals surface area contributed by atoms with Gasteiger partial charge in [-0.25, -0.2) is 0 Å². The summed E-state index contributed by atoms with van der Waals surface area (Å²) in [6.45, 7) is 1.86. The molecule has 0 aliphatic heterocycles. The average Bonchev–Trinajstić information content (AvgIpc) is 2.15. The fourth-order valence-electron chi connectivity index (χ4n) is 1.17. The average molecular weight is 179 g/mol. The largest absolute Gasteiger partial charge is 0.550 e. The van der Waals surface area contributed by atoms with Crippen LogP contribution in [-0.2, 0) is 9.84 Å². The Hall–Kier alpha value is -1.51. The van der Waals surface area contributed by atoms with E-state index in [9.17, 15) is 9.90 Å². The van der Waals surface area contributed by atoms with Gasteiger partial charge in [0, 0.05) is 0 Å². The summed E-state index contributed by atoms with van der Waals surface area (Å²) in [6.07, 6.45) is -1.28. The second-order valence-electron chi connectivity index (χ2n) is 2.68. The van der Waals surface area contributed by atoms with Crippen LogP contribution in [0.2, 0.25) is 0 Å². The zero-order valence-electron chi connectivity index (χ0n) is 7.40. The zero-order valence-corrected chi connectivity index (χ0v) is 7.40. The first kappa shape index (κ1) is 9.58. The first-order chi connectivity index (χ1) is 6.24. The summed E-state index contributed by atoms with van der Waals surface area (Å²) in [5, 5.41) is 10.2. The lowest BCUT2D eigenvalue weighted by Gasteiger charge is -2.12. The molecule has 0 fully saturated rings. The van der Waals surface area contributed by atoms with E-state index in [-0.39, 0.29) is 0 Å². The third-order valence-electron chi connectivity index (χ3n) is 1.78. The van der Waals surface area contributed by atoms with E-state index in [2.05, 4.69) is 4.74 Å². The summed E-state index contributed by atoms with van der Waals surface area (Å²) in [5.74, 6) is 0. The highest BCUT2D eigenvalue weighted by Gasteiger charge is 2.13. The molecule has 0 spiro atoms. The first-order valence-electron chi connectivity index (χ1n) is 4.16. The van der Waals surface area contributed by atoms with E-state index in [1.54, 1.807) is 0 Å². The molecule has 3 nitrogen and oxygen atoms in total. The molecule has 69 valence electrons. The van der Waals surface area contributed by atoms with Gasteiger partial charge in [-0.15, -0.1) is 0 Å². The van der Waals surface area contributed by atoms with E-state index >= 15 is 0 Å². The number of carbonyl (C=O) groups excluding carboxylic acids is 1. The van der Waals surface area contributed by atoms with Crippen molar-refractivity contribution in [2.45, 2.75) is 19.4 Å². The smallest absolute Gasteiger partial charge is 0.424 e. The Labute approximate surface area is 77.0 Å². The second kappa shape index (κ2) is 4.50. The predicted octanol–water partition coefficient (Wildman–Crippen LogP) is 2.70. The van der Waals surface area contributed by atoms with Crippen molar-refractivity contribution >= 4 is 6.16 Å². The molecule has 0 aromatic heterocycles. The van der Waals surface area contributed by atoms with E-state index in [1.807, 2.05) is 37.3 Å². The van der Waals surface area contributed by atoms with Crippen LogP contribution in [-0.4, -0.2) is 6.16 Å². The van der Waals surface area contributed by atoms with Crippen molar-refractivity contribution < 1.29 is 14.6 Å². The van der Waals surface area contributed by atoms with Crippen molar-refractivity contribution in [1.82, 2.24) is 0 Å². The van der Waals surface area contributed by atoms with Crippen LogP contribution in [0.5, 0.6) is 0 Å². The molecule has 3 heteroatoms. The van der Waals surface area contributed by atoms with Crippen LogP contribution in [0.4, 0.5) is 4.79 Å². The molecule has 1 atom stereocenters. The Morgan fingerprint density at radius 2 is 2.00 bits per heavy atom. The summed E-state index contributed by atoms with van der Waals surface area (Å²) in [4.78, 5) is 10.2. The number of hydrogen-bond donors (Lipinski definition) is 0. The third-order valence-corrected chi connectivity index (χ3v) is 1.78. The number of ether oxygens (including phenoxy) is 1. The number of benzene rings is 1. The van der Waals surface area contributed by atoms with E-state index in [4.69, 9.17) is 0 Å². The molecular weight excluding hydrogens is 168 g/mol. The molecule has 1 radical (unpaired) electrons. The predicted molar refractivity (Wildman–Crippen MR) is 46.6 cm³/mol. The molecule has 1 aromatic carbocycles. The molecule has 1 rings (SSSR count). The van der Waals surface area contributed by atoms with Crippen molar-refractivity contribution in [1.29, 1.82) is 0 Å². The summed E-state index contributed by atoms with van der Waals surface area (Å²) in [6, 6.07) is 9.22. The maximum Gasteiger partial charge on any atom is 0.550 e. The van der Waals surface area contributed by atoms with Gasteiger partial charge >= 0.3 is 6.16 Å². The van der Waals surface area contributed by atoms with Gasteiger partial charge in [0.1, 0.15) is 6.10 Å². The Bertz CT molecular complexity index is 269. The highest BCUT2D eigenvalue weighted by atomic mass is 16.7. The summed E-state index contributed by atoms with van der Waals surface area (Å²) in [5.41, 5.74) is 0.856. The van der Waals surface area contributed by atoms with Crippen LogP contribution in [0, 0.1) is 0 Å². The van der Waals surface area contributed by atoms with Gasteiger partial charge in [-0.1, -0.05) is 37.3 Å². The van der Waals surface area contributed by atoms with E-state index in [0.717, 1.165) is 5.56 Å². The molecule has 0 heterocycles. The Morgan fingerprint density at radius 1 is 1.38 bits per heavy atom. The molecule has 0 saturated heterocycles. The maximum absolute atomic E-state index is 10.2. The van der Waals surface area contributed by atoms with Crippen molar-refractivity contribution in [2.24, 2.45) is 0 Å². The van der Waals surface area contributed by atoms with Gasteiger partial charge in [-0.05, 0) is 12.0 Å². The quantitative estimate of drug-likeness (QED) is 0.669. The first-order valence-corrected chi connectivity index (χ1v) is 4.16. The van der Waals surface area contributed by atoms with Crippen LogP contribution in [0.1, 0.15) is 25.0 Å². The second-order valence-corrected chi connectivity index (χ2v) is 2.68. The molecular formula is C10H11O3. The van der Waals surface area contributed by atoms with Gasteiger partial charge in [-0.3, -0.25) is 0 Å². The lowest BCUT2D eigenvalue weighted by Crippen LogP contribution is -2.06. The van der Waals surface area contributed by atoms with Crippen molar-refractivity contribution in [3.05, 3.63) is 35.9 Å². The van der Waals surface area contributed by atoms with Gasteiger partial charge in [0.05, 0.1) is 0 Å². The molecule has 1 aromatic rings. The Kier molecular flexibility index (Phi) is 3.31. The lowest BCUT2D eigenvalue weighted by molar-refractivity contribution is 0.0300. The molecule has 0 amide bonds. The van der Waals surface area contributed by atoms with Gasteiger partial charge < -0.3 is 4.74 Å². The summed E-state index contributed by atoms with van der Waals surface area (Å²) < 4.78 is 4.59. The molecule has 0 aliphatic rings. The van der Waals surface area contributed by atoms with Crippen molar-refractivity contribution in [2.75, 3.05) is 0 Å². The van der Waals surface area contributed by atoms with Crippen LogP contribution in [0.25, 0.3) is 0 Å². The fourth-order valence-corrected chi connectivity index (χ4v) is 1.17. The third kappa shape index (κ3) is 2.78. The maximum atomic E-state index is 10.2. The van der Waals surface area contributed by atoms with Crippen LogP contribution < -0.4 is 0 Å².